The molecule has 2 rings (SSSR count). The number of benzene rings is 1. The lowest BCUT2D eigenvalue weighted by molar-refractivity contribution is -0.342. The molecule has 214 valence electrons. The number of amides is 1. The molecule has 0 radical (unpaired) electrons. The zero-order valence-corrected chi connectivity index (χ0v) is 19.8. The van der Waals surface area contributed by atoms with E-state index in [1.54, 1.807) is 6.92 Å². The van der Waals surface area contributed by atoms with E-state index in [0.29, 0.717) is 12.1 Å². The van der Waals surface area contributed by atoms with Crippen LogP contribution < -0.4 is 10.1 Å². The minimum Gasteiger partial charge on any atom is -0.481 e. The third-order valence-electron chi connectivity index (χ3n) is 5.16. The average Bonchev–Trinajstić information content (AvgIpc) is 3.09. The van der Waals surface area contributed by atoms with Crippen LogP contribution in [0.15, 0.2) is 0 Å². The summed E-state index contributed by atoms with van der Waals surface area (Å²) in [6.45, 7) is -2.57. The van der Waals surface area contributed by atoms with E-state index in [4.69, 9.17) is 11.6 Å². The zero-order chi connectivity index (χ0) is 29.4. The molecular weight excluding hydrogens is 578 g/mol. The first-order chi connectivity index (χ1) is 17.3. The molecule has 0 aliphatic heterocycles. The molecule has 0 bridgehead atoms. The van der Waals surface area contributed by atoms with Crippen molar-refractivity contribution in [2.45, 2.75) is 50.5 Å². The van der Waals surface area contributed by atoms with Crippen molar-refractivity contribution in [1.82, 2.24) is 15.1 Å². The second-order valence-corrected chi connectivity index (χ2v) is 8.07. The van der Waals surface area contributed by atoms with Crippen LogP contribution in [0.5, 0.6) is 5.75 Å². The van der Waals surface area contributed by atoms with Gasteiger partial charge in [-0.2, -0.15) is 40.2 Å². The van der Waals surface area contributed by atoms with Crippen LogP contribution in [0, 0.1) is 23.3 Å². The molecule has 1 amide bonds. The summed E-state index contributed by atoms with van der Waals surface area (Å²) >= 11 is 6.06. The molecule has 0 spiro atoms. The van der Waals surface area contributed by atoms with Crippen molar-refractivity contribution in [3.05, 3.63) is 45.2 Å². The van der Waals surface area contributed by atoms with Crippen LogP contribution in [0.2, 0.25) is 5.02 Å². The van der Waals surface area contributed by atoms with Gasteiger partial charge in [-0.3, -0.25) is 9.48 Å². The maximum absolute atomic E-state index is 14.3. The summed E-state index contributed by atoms with van der Waals surface area (Å²) in [7, 11) is 1.44. The summed E-state index contributed by atoms with van der Waals surface area (Å²) in [6.07, 6.45) is -5.37. The fourth-order valence-corrected chi connectivity index (χ4v) is 3.35. The van der Waals surface area contributed by atoms with E-state index in [-0.39, 0.29) is 10.7 Å². The Kier molecular flexibility index (Phi) is 9.16. The van der Waals surface area contributed by atoms with Gasteiger partial charge in [-0.05, 0) is 6.42 Å². The van der Waals surface area contributed by atoms with E-state index in [1.807, 2.05) is 5.32 Å². The third kappa shape index (κ3) is 5.61. The van der Waals surface area contributed by atoms with Gasteiger partial charge in [-0.15, -0.1) is 0 Å². The SMILES string of the molecule is CCc1nn(C)c(CC(=O)NCc2c(F)c(F)c(OCC(F)(F)C(F)(F)C(F)(F)C(F)F)c(F)c2F)c1Cl. The number of ether oxygens (including phenoxy) is 1. The molecule has 1 aromatic carbocycles. The van der Waals surface area contributed by atoms with Crippen LogP contribution >= 0.6 is 11.6 Å². The number of carbonyl (C=O) groups is 1. The van der Waals surface area contributed by atoms with Gasteiger partial charge < -0.3 is 10.1 Å². The van der Waals surface area contributed by atoms with Gasteiger partial charge in [0.15, 0.2) is 24.0 Å². The lowest BCUT2D eigenvalue weighted by Crippen LogP contribution is -2.59. The van der Waals surface area contributed by atoms with Crippen LogP contribution in [0.4, 0.5) is 52.7 Å². The monoisotopic (exact) mass is 593 g/mol. The van der Waals surface area contributed by atoms with Gasteiger partial charge in [0.05, 0.1) is 22.8 Å². The number of halogens is 13. The lowest BCUT2D eigenvalue weighted by Gasteiger charge is -2.32. The molecule has 0 saturated carbocycles. The zero-order valence-electron chi connectivity index (χ0n) is 19.0. The second kappa shape index (κ2) is 11.1. The molecule has 38 heavy (non-hydrogen) atoms. The van der Waals surface area contributed by atoms with E-state index < -0.39 is 84.3 Å². The third-order valence-corrected chi connectivity index (χ3v) is 5.59. The summed E-state index contributed by atoms with van der Waals surface area (Å²) in [5.41, 5.74) is -0.888. The first kappa shape index (κ1) is 31.4. The Morgan fingerprint density at radius 1 is 1.03 bits per heavy atom. The van der Waals surface area contributed by atoms with Crippen molar-refractivity contribution in [3.8, 4) is 5.75 Å². The van der Waals surface area contributed by atoms with Gasteiger partial charge >= 0.3 is 24.2 Å². The van der Waals surface area contributed by atoms with Gasteiger partial charge in [-0.1, -0.05) is 18.5 Å². The largest absolute Gasteiger partial charge is 0.481 e. The predicted octanol–water partition coefficient (Wildman–Crippen LogP) is 5.60. The quantitative estimate of drug-likeness (QED) is 0.273. The molecule has 5 nitrogen and oxygen atoms in total. The Bertz CT molecular complexity index is 1170. The van der Waals surface area contributed by atoms with Crippen molar-refractivity contribution >= 4 is 17.5 Å². The van der Waals surface area contributed by atoms with E-state index >= 15 is 0 Å². The number of carbonyl (C=O) groups excluding carboxylic acids is 1. The Hall–Kier alpha value is -2.85. The van der Waals surface area contributed by atoms with Gasteiger partial charge in [-0.25, -0.2) is 17.6 Å². The number of rotatable bonds is 11. The highest BCUT2D eigenvalue weighted by molar-refractivity contribution is 6.32. The maximum atomic E-state index is 14.3. The van der Waals surface area contributed by atoms with E-state index in [2.05, 4.69) is 9.84 Å². The summed E-state index contributed by atoms with van der Waals surface area (Å²) in [5.74, 6) is -32.7. The second-order valence-electron chi connectivity index (χ2n) is 7.69. The number of hydrogen-bond acceptors (Lipinski definition) is 3. The highest BCUT2D eigenvalue weighted by Crippen LogP contribution is 2.48. The Morgan fingerprint density at radius 3 is 2.00 bits per heavy atom. The average molecular weight is 594 g/mol. The minimum absolute atomic E-state index is 0.120. The first-order valence-electron chi connectivity index (χ1n) is 10.2. The van der Waals surface area contributed by atoms with Gasteiger partial charge in [0.2, 0.25) is 17.5 Å². The van der Waals surface area contributed by atoms with Crippen LogP contribution in [-0.4, -0.2) is 46.5 Å². The number of nitrogens with one attached hydrogen (secondary N) is 1. The van der Waals surface area contributed by atoms with Crippen molar-refractivity contribution in [2.75, 3.05) is 6.61 Å². The minimum atomic E-state index is -6.79. The molecule has 0 atom stereocenters. The normalized spacial score (nSPS) is 12.8. The smallest absolute Gasteiger partial charge is 0.381 e. The Labute approximate surface area is 210 Å². The van der Waals surface area contributed by atoms with Crippen LogP contribution in [0.25, 0.3) is 0 Å². The van der Waals surface area contributed by atoms with Crippen molar-refractivity contribution in [1.29, 1.82) is 0 Å². The topological polar surface area (TPSA) is 56.2 Å². The van der Waals surface area contributed by atoms with Crippen LogP contribution in [0.3, 0.4) is 0 Å². The van der Waals surface area contributed by atoms with Crippen molar-refractivity contribution < 1.29 is 62.2 Å². The lowest BCUT2D eigenvalue weighted by atomic mass is 10.1. The molecule has 0 aliphatic rings. The molecule has 0 unspecified atom stereocenters. The number of alkyl halides is 8. The standard InChI is InChI=1S/C20H16ClF12N3O2/c1-3-8-11(21)9(36(2)35-8)4-10(37)34-5-7-12(22)14(24)16(15(25)13(7)23)38-6-18(28,29)20(32,33)19(30,31)17(26)27/h17H,3-6H2,1-2H3,(H,34,37). The Balaban J connectivity index is 2.23. The first-order valence-corrected chi connectivity index (χ1v) is 10.6. The fourth-order valence-electron chi connectivity index (χ4n) is 2.99. The highest BCUT2D eigenvalue weighted by Gasteiger charge is 2.75. The molecule has 0 saturated heterocycles. The molecule has 1 aromatic heterocycles. The molecule has 0 fully saturated rings. The molecule has 1 heterocycles. The van der Waals surface area contributed by atoms with Gasteiger partial charge in [0.25, 0.3) is 0 Å². The molecule has 1 N–H and O–H groups in total. The summed E-state index contributed by atoms with van der Waals surface area (Å²) < 4.78 is 166. The molecule has 2 aromatic rings. The van der Waals surface area contributed by atoms with Crippen LogP contribution in [0.1, 0.15) is 23.9 Å². The van der Waals surface area contributed by atoms with Crippen molar-refractivity contribution in [2.24, 2.45) is 7.05 Å². The number of hydrogen-bond donors (Lipinski definition) is 1. The predicted molar refractivity (Wildman–Crippen MR) is 106 cm³/mol. The Morgan fingerprint density at radius 2 is 1.55 bits per heavy atom. The highest BCUT2D eigenvalue weighted by atomic mass is 35.5. The van der Waals surface area contributed by atoms with E-state index in [1.165, 1.54) is 11.7 Å². The van der Waals surface area contributed by atoms with Gasteiger partial charge in [0, 0.05) is 19.2 Å². The van der Waals surface area contributed by atoms with Gasteiger partial charge in [0.1, 0.15) is 0 Å². The van der Waals surface area contributed by atoms with E-state index in [9.17, 15) is 57.5 Å². The number of nitrogens with zero attached hydrogens (tertiary/aromatic N) is 2. The summed E-state index contributed by atoms with van der Waals surface area (Å²) in [6, 6.07) is 0. The number of aromatic nitrogens is 2. The van der Waals surface area contributed by atoms with E-state index in [0.717, 1.165) is 0 Å². The molecular formula is C20H16ClF12N3O2. The summed E-state index contributed by atoms with van der Waals surface area (Å²) in [4.78, 5) is 12.1. The molecule has 0 aliphatic carbocycles. The fraction of sp³-hybridized carbons (Fsp3) is 0.500. The number of aryl methyl sites for hydroxylation is 2. The van der Waals surface area contributed by atoms with Crippen LogP contribution in [-0.2, 0) is 31.2 Å². The van der Waals surface area contributed by atoms with Crippen molar-refractivity contribution in [3.63, 3.8) is 0 Å². The molecule has 18 heteroatoms. The summed E-state index contributed by atoms with van der Waals surface area (Å²) in [5, 5.41) is 6.07. The maximum Gasteiger partial charge on any atom is 0.381 e.